The van der Waals surface area contributed by atoms with Gasteiger partial charge >= 0.3 is 5.63 Å². The fourth-order valence-corrected chi connectivity index (χ4v) is 2.76. The van der Waals surface area contributed by atoms with Crippen LogP contribution < -0.4 is 5.63 Å². The maximum absolute atomic E-state index is 12.3. The van der Waals surface area contributed by atoms with E-state index >= 15 is 0 Å². The standard InChI is InChI=1S/C22H25NO2/c1-21(2,3)15-11-14(12-16(13-15)22(4,5)6)19-23-18-10-8-7-9-17(18)20(24)25-19/h7-13H,1-6H3. The van der Waals surface area contributed by atoms with E-state index in [-0.39, 0.29) is 16.5 Å². The van der Waals surface area contributed by atoms with Gasteiger partial charge < -0.3 is 4.42 Å². The summed E-state index contributed by atoms with van der Waals surface area (Å²) in [5.74, 6) is 0.375. The van der Waals surface area contributed by atoms with Gasteiger partial charge in [-0.3, -0.25) is 0 Å². The molecule has 0 aliphatic heterocycles. The Hall–Kier alpha value is -2.42. The minimum Gasteiger partial charge on any atom is -0.403 e. The van der Waals surface area contributed by atoms with Gasteiger partial charge in [0.2, 0.25) is 5.89 Å². The molecule has 3 heteroatoms. The largest absolute Gasteiger partial charge is 0.403 e. The van der Waals surface area contributed by atoms with Crippen LogP contribution in [0, 0.1) is 0 Å². The fraction of sp³-hybridized carbons (Fsp3) is 0.364. The molecule has 0 saturated carbocycles. The summed E-state index contributed by atoms with van der Waals surface area (Å²) in [6.45, 7) is 13.1. The highest BCUT2D eigenvalue weighted by atomic mass is 16.4. The zero-order valence-electron chi connectivity index (χ0n) is 15.8. The minimum atomic E-state index is -0.348. The normalized spacial score (nSPS) is 12.6. The Bertz CT molecular complexity index is 953. The van der Waals surface area contributed by atoms with Crippen molar-refractivity contribution in [3.05, 3.63) is 64.0 Å². The van der Waals surface area contributed by atoms with E-state index in [1.807, 2.05) is 18.2 Å². The summed E-state index contributed by atoms with van der Waals surface area (Å²) in [7, 11) is 0. The van der Waals surface area contributed by atoms with Crippen LogP contribution in [-0.4, -0.2) is 4.98 Å². The molecule has 2 aromatic carbocycles. The molecule has 0 N–H and O–H groups in total. The molecule has 0 atom stereocenters. The lowest BCUT2D eigenvalue weighted by molar-refractivity contribution is 0.516. The van der Waals surface area contributed by atoms with Crippen LogP contribution in [0.5, 0.6) is 0 Å². The lowest BCUT2D eigenvalue weighted by atomic mass is 9.79. The predicted molar refractivity (Wildman–Crippen MR) is 103 cm³/mol. The molecule has 3 rings (SSSR count). The van der Waals surface area contributed by atoms with Gasteiger partial charge in [0.05, 0.1) is 10.9 Å². The van der Waals surface area contributed by atoms with Gasteiger partial charge in [-0.2, -0.15) is 0 Å². The van der Waals surface area contributed by atoms with Crippen molar-refractivity contribution < 1.29 is 4.42 Å². The summed E-state index contributed by atoms with van der Waals surface area (Å²) < 4.78 is 5.55. The van der Waals surface area contributed by atoms with Gasteiger partial charge in [-0.05, 0) is 46.2 Å². The molecule has 3 aromatic rings. The van der Waals surface area contributed by atoms with Crippen molar-refractivity contribution in [1.29, 1.82) is 0 Å². The molecule has 130 valence electrons. The van der Waals surface area contributed by atoms with Crippen LogP contribution >= 0.6 is 0 Å². The molecule has 0 radical (unpaired) electrons. The molecule has 0 aliphatic carbocycles. The molecule has 25 heavy (non-hydrogen) atoms. The van der Waals surface area contributed by atoms with Crippen molar-refractivity contribution in [3.8, 4) is 11.5 Å². The van der Waals surface area contributed by atoms with Crippen molar-refractivity contribution in [2.45, 2.75) is 52.4 Å². The van der Waals surface area contributed by atoms with E-state index in [1.54, 1.807) is 6.07 Å². The number of benzene rings is 2. The van der Waals surface area contributed by atoms with Gasteiger partial charge in [-0.25, -0.2) is 9.78 Å². The van der Waals surface area contributed by atoms with E-state index in [9.17, 15) is 4.79 Å². The van der Waals surface area contributed by atoms with Crippen molar-refractivity contribution in [2.24, 2.45) is 0 Å². The van der Waals surface area contributed by atoms with Crippen LogP contribution in [0.3, 0.4) is 0 Å². The summed E-state index contributed by atoms with van der Waals surface area (Å²) in [6.07, 6.45) is 0. The van der Waals surface area contributed by atoms with Crippen LogP contribution in [0.1, 0.15) is 52.7 Å². The Labute approximate surface area is 148 Å². The van der Waals surface area contributed by atoms with E-state index in [4.69, 9.17) is 4.42 Å². The third kappa shape index (κ3) is 3.51. The number of aromatic nitrogens is 1. The number of hydrogen-bond acceptors (Lipinski definition) is 3. The third-order valence-corrected chi connectivity index (χ3v) is 4.45. The monoisotopic (exact) mass is 335 g/mol. The average Bonchev–Trinajstić information content (AvgIpc) is 2.53. The van der Waals surface area contributed by atoms with Crippen molar-refractivity contribution in [2.75, 3.05) is 0 Å². The highest BCUT2D eigenvalue weighted by Crippen LogP contribution is 2.33. The second-order valence-corrected chi connectivity index (χ2v) is 8.62. The Kier molecular flexibility index (Phi) is 4.06. The number of hydrogen-bond donors (Lipinski definition) is 0. The second kappa shape index (κ2) is 5.83. The number of fused-ring (bicyclic) bond motifs is 1. The van der Waals surface area contributed by atoms with Crippen LogP contribution in [0.25, 0.3) is 22.4 Å². The second-order valence-electron chi connectivity index (χ2n) is 8.62. The van der Waals surface area contributed by atoms with Gasteiger partial charge in [-0.15, -0.1) is 0 Å². The van der Waals surface area contributed by atoms with Crippen molar-refractivity contribution >= 4 is 10.9 Å². The van der Waals surface area contributed by atoms with E-state index < -0.39 is 0 Å². The minimum absolute atomic E-state index is 0.00679. The molecular formula is C22H25NO2. The smallest absolute Gasteiger partial charge is 0.347 e. The SMILES string of the molecule is CC(C)(C)c1cc(-c2nc3ccccc3c(=O)o2)cc(C(C)(C)C)c1. The maximum atomic E-state index is 12.3. The maximum Gasteiger partial charge on any atom is 0.347 e. The molecular weight excluding hydrogens is 310 g/mol. The van der Waals surface area contributed by atoms with Crippen molar-refractivity contribution in [1.82, 2.24) is 4.98 Å². The molecule has 0 saturated heterocycles. The average molecular weight is 335 g/mol. The zero-order valence-corrected chi connectivity index (χ0v) is 15.8. The molecule has 0 aliphatic rings. The summed E-state index contributed by atoms with van der Waals surface area (Å²) in [5.41, 5.74) is 3.55. The van der Waals surface area contributed by atoms with Crippen molar-refractivity contribution in [3.63, 3.8) is 0 Å². The molecule has 1 aromatic heterocycles. The summed E-state index contributed by atoms with van der Waals surface area (Å²) in [4.78, 5) is 16.9. The first-order chi connectivity index (χ1) is 11.6. The first kappa shape index (κ1) is 17.4. The topological polar surface area (TPSA) is 43.1 Å². The van der Waals surface area contributed by atoms with Gasteiger partial charge in [0, 0.05) is 5.56 Å². The highest BCUT2D eigenvalue weighted by molar-refractivity contribution is 5.78. The van der Waals surface area contributed by atoms with Gasteiger partial charge in [0.1, 0.15) is 0 Å². The number of nitrogens with zero attached hydrogens (tertiary/aromatic N) is 1. The molecule has 0 fully saturated rings. The first-order valence-corrected chi connectivity index (χ1v) is 8.62. The van der Waals surface area contributed by atoms with E-state index in [2.05, 4.69) is 64.7 Å². The summed E-state index contributed by atoms with van der Waals surface area (Å²) in [5, 5.41) is 0.509. The Morgan fingerprint density at radius 1 is 0.840 bits per heavy atom. The molecule has 0 amide bonds. The van der Waals surface area contributed by atoms with Crippen LogP contribution in [0.15, 0.2) is 51.7 Å². The zero-order chi connectivity index (χ0) is 18.4. The number of rotatable bonds is 1. The fourth-order valence-electron chi connectivity index (χ4n) is 2.76. The highest BCUT2D eigenvalue weighted by Gasteiger charge is 2.22. The lowest BCUT2D eigenvalue weighted by Gasteiger charge is -2.25. The summed E-state index contributed by atoms with van der Waals surface area (Å²) >= 11 is 0. The lowest BCUT2D eigenvalue weighted by Crippen LogP contribution is -2.16. The molecule has 0 unspecified atom stereocenters. The molecule has 0 bridgehead atoms. The third-order valence-electron chi connectivity index (χ3n) is 4.45. The van der Waals surface area contributed by atoms with Crippen LogP contribution in [-0.2, 0) is 10.8 Å². The van der Waals surface area contributed by atoms with E-state index in [0.29, 0.717) is 16.8 Å². The Morgan fingerprint density at radius 2 is 1.40 bits per heavy atom. The number of para-hydroxylation sites is 1. The van der Waals surface area contributed by atoms with Gasteiger partial charge in [0.15, 0.2) is 0 Å². The quantitative estimate of drug-likeness (QED) is 0.594. The van der Waals surface area contributed by atoms with E-state index in [0.717, 1.165) is 5.56 Å². The first-order valence-electron chi connectivity index (χ1n) is 8.62. The van der Waals surface area contributed by atoms with Gasteiger partial charge in [-0.1, -0.05) is 59.7 Å². The summed E-state index contributed by atoms with van der Waals surface area (Å²) in [6, 6.07) is 13.7. The molecule has 0 spiro atoms. The Balaban J connectivity index is 2.28. The Morgan fingerprint density at radius 3 is 1.96 bits per heavy atom. The predicted octanol–water partition coefficient (Wildman–Crippen LogP) is 5.45. The molecule has 1 heterocycles. The van der Waals surface area contributed by atoms with E-state index in [1.165, 1.54) is 11.1 Å². The molecule has 3 nitrogen and oxygen atoms in total. The van der Waals surface area contributed by atoms with Crippen LogP contribution in [0.4, 0.5) is 0 Å². The van der Waals surface area contributed by atoms with Crippen LogP contribution in [0.2, 0.25) is 0 Å². The van der Waals surface area contributed by atoms with Gasteiger partial charge in [0.25, 0.3) is 0 Å².